The highest BCUT2D eigenvalue weighted by molar-refractivity contribution is 5.75. The van der Waals surface area contributed by atoms with Gasteiger partial charge in [-0.2, -0.15) is 0 Å². The van der Waals surface area contributed by atoms with Crippen molar-refractivity contribution in [3.8, 4) is 0 Å². The molecule has 0 aliphatic carbocycles. The zero-order valence-corrected chi connectivity index (χ0v) is 11.2. The van der Waals surface area contributed by atoms with Crippen molar-refractivity contribution in [2.24, 2.45) is 0 Å². The molecule has 0 fully saturated rings. The monoisotopic (exact) mass is 250 g/mol. The molecule has 3 nitrogen and oxygen atoms in total. The maximum Gasteiger partial charge on any atom is 0.129 e. The number of Topliss-reactive ketones (excluding diaryl/α,β-unsaturated/α-hetero) is 1. The van der Waals surface area contributed by atoms with Gasteiger partial charge >= 0.3 is 0 Å². The van der Waals surface area contributed by atoms with E-state index in [9.17, 15) is 9.90 Å². The van der Waals surface area contributed by atoms with Gasteiger partial charge in [-0.25, -0.2) is 0 Å². The topological polar surface area (TPSA) is 46.5 Å². The third-order valence-electron chi connectivity index (χ3n) is 3.00. The van der Waals surface area contributed by atoms with Crippen LogP contribution in [-0.4, -0.2) is 23.1 Å². The molecule has 1 N–H and O–H groups in total. The normalized spacial score (nSPS) is 14.2. The molecule has 1 aromatic rings. The first-order valence-electron chi connectivity index (χ1n) is 6.34. The van der Waals surface area contributed by atoms with Gasteiger partial charge in [-0.1, -0.05) is 30.3 Å². The third-order valence-corrected chi connectivity index (χ3v) is 3.00. The minimum atomic E-state index is -0.564. The smallest absolute Gasteiger partial charge is 0.129 e. The van der Waals surface area contributed by atoms with Crippen LogP contribution in [0.5, 0.6) is 0 Å². The number of rotatable bonds is 8. The maximum absolute atomic E-state index is 10.9. The molecule has 0 radical (unpaired) electrons. The lowest BCUT2D eigenvalue weighted by atomic mass is 9.98. The van der Waals surface area contributed by atoms with Crippen LogP contribution in [0.1, 0.15) is 38.7 Å². The molecule has 0 aliphatic rings. The molecule has 0 saturated carbocycles. The fourth-order valence-corrected chi connectivity index (χ4v) is 1.74. The summed E-state index contributed by atoms with van der Waals surface area (Å²) in [7, 11) is 0. The zero-order valence-electron chi connectivity index (χ0n) is 11.2. The van der Waals surface area contributed by atoms with Gasteiger partial charge in [0.15, 0.2) is 0 Å². The second-order valence-electron chi connectivity index (χ2n) is 4.94. The van der Waals surface area contributed by atoms with Crippen molar-refractivity contribution in [1.82, 2.24) is 0 Å². The Bertz CT molecular complexity index is 361. The second-order valence-corrected chi connectivity index (χ2v) is 4.94. The fraction of sp³-hybridized carbons (Fsp3) is 0.533. The number of carbonyl (C=O) groups is 1. The van der Waals surface area contributed by atoms with Crippen LogP contribution >= 0.6 is 0 Å². The summed E-state index contributed by atoms with van der Waals surface area (Å²) in [6.07, 6.45) is 1.99. The van der Waals surface area contributed by atoms with Crippen LogP contribution in [0, 0.1) is 0 Å². The second kappa shape index (κ2) is 7.29. The first-order valence-corrected chi connectivity index (χ1v) is 6.34. The lowest BCUT2D eigenvalue weighted by Crippen LogP contribution is -2.33. The predicted molar refractivity (Wildman–Crippen MR) is 71.3 cm³/mol. The van der Waals surface area contributed by atoms with Crippen molar-refractivity contribution in [2.45, 2.75) is 45.3 Å². The van der Waals surface area contributed by atoms with E-state index in [4.69, 9.17) is 4.74 Å². The summed E-state index contributed by atoms with van der Waals surface area (Å²) in [6, 6.07) is 9.87. The van der Waals surface area contributed by atoms with Crippen LogP contribution in [0.15, 0.2) is 30.3 Å². The molecule has 1 rings (SSSR count). The molecule has 1 aromatic carbocycles. The Morgan fingerprint density at radius 2 is 2.00 bits per heavy atom. The number of carbonyl (C=O) groups excluding carboxylic acids is 1. The van der Waals surface area contributed by atoms with Gasteiger partial charge in [0, 0.05) is 6.42 Å². The number of ketones is 1. The van der Waals surface area contributed by atoms with Crippen molar-refractivity contribution >= 4 is 5.78 Å². The molecule has 0 heterocycles. The lowest BCUT2D eigenvalue weighted by molar-refractivity contribution is -0.118. The molecular formula is C15H22O3. The molecule has 3 heteroatoms. The SMILES string of the molecule is CC(=O)CCC[C@@](C)(CO)OCc1ccccc1. The summed E-state index contributed by atoms with van der Waals surface area (Å²) in [5, 5.41) is 9.42. The van der Waals surface area contributed by atoms with E-state index in [2.05, 4.69) is 0 Å². The van der Waals surface area contributed by atoms with Crippen molar-refractivity contribution in [3.63, 3.8) is 0 Å². The zero-order chi connectivity index (χ0) is 13.4. The molecule has 0 saturated heterocycles. The van der Waals surface area contributed by atoms with E-state index >= 15 is 0 Å². The first kappa shape index (κ1) is 14.9. The third kappa shape index (κ3) is 5.43. The molecule has 0 aliphatic heterocycles. The lowest BCUT2D eigenvalue weighted by Gasteiger charge is -2.27. The minimum absolute atomic E-state index is 0.0300. The number of aliphatic hydroxyl groups is 1. The van der Waals surface area contributed by atoms with E-state index in [-0.39, 0.29) is 12.4 Å². The summed E-state index contributed by atoms with van der Waals surface area (Å²) >= 11 is 0. The molecule has 18 heavy (non-hydrogen) atoms. The van der Waals surface area contributed by atoms with Crippen LogP contribution in [-0.2, 0) is 16.1 Å². The first-order chi connectivity index (χ1) is 8.56. The number of hydrogen-bond donors (Lipinski definition) is 1. The molecule has 0 aromatic heterocycles. The summed E-state index contributed by atoms with van der Waals surface area (Å²) in [5.41, 5.74) is 0.523. The largest absolute Gasteiger partial charge is 0.393 e. The average Bonchev–Trinajstić information content (AvgIpc) is 2.37. The van der Waals surface area contributed by atoms with E-state index in [0.717, 1.165) is 12.0 Å². The Balaban J connectivity index is 2.42. The Morgan fingerprint density at radius 3 is 2.56 bits per heavy atom. The Hall–Kier alpha value is -1.19. The van der Waals surface area contributed by atoms with Gasteiger partial charge in [-0.05, 0) is 32.3 Å². The number of hydrogen-bond acceptors (Lipinski definition) is 3. The average molecular weight is 250 g/mol. The maximum atomic E-state index is 10.9. The van der Waals surface area contributed by atoms with Crippen molar-refractivity contribution in [1.29, 1.82) is 0 Å². The van der Waals surface area contributed by atoms with Crippen molar-refractivity contribution in [3.05, 3.63) is 35.9 Å². The van der Waals surface area contributed by atoms with Crippen LogP contribution in [0.2, 0.25) is 0 Å². The summed E-state index contributed by atoms with van der Waals surface area (Å²) in [4.78, 5) is 10.9. The molecule has 1 atom stereocenters. The quantitative estimate of drug-likeness (QED) is 0.771. The number of aliphatic hydroxyl groups excluding tert-OH is 1. The summed E-state index contributed by atoms with van der Waals surface area (Å²) in [5.74, 6) is 0.179. The van der Waals surface area contributed by atoms with Gasteiger partial charge in [-0.3, -0.25) is 0 Å². The van der Waals surface area contributed by atoms with Gasteiger partial charge in [0.25, 0.3) is 0 Å². The molecule has 0 bridgehead atoms. The van der Waals surface area contributed by atoms with Gasteiger partial charge in [0.05, 0.1) is 18.8 Å². The standard InChI is InChI=1S/C15H22O3/c1-13(17)7-6-10-15(2,12-16)18-11-14-8-4-3-5-9-14/h3-5,8-9,16H,6-7,10-12H2,1-2H3/t15-/m0/s1. The molecule has 0 amide bonds. The predicted octanol–water partition coefficient (Wildman–Crippen LogP) is 2.71. The van der Waals surface area contributed by atoms with E-state index in [1.165, 1.54) is 0 Å². The van der Waals surface area contributed by atoms with Crippen LogP contribution in [0.4, 0.5) is 0 Å². The Kier molecular flexibility index (Phi) is 6.02. The van der Waals surface area contributed by atoms with E-state index < -0.39 is 5.60 Å². The summed E-state index contributed by atoms with van der Waals surface area (Å²) < 4.78 is 5.79. The number of ether oxygens (including phenoxy) is 1. The molecular weight excluding hydrogens is 228 g/mol. The van der Waals surface area contributed by atoms with Crippen molar-refractivity contribution < 1.29 is 14.6 Å². The van der Waals surface area contributed by atoms with Gasteiger partial charge in [0.1, 0.15) is 5.78 Å². The van der Waals surface area contributed by atoms with E-state index in [1.807, 2.05) is 37.3 Å². The Morgan fingerprint density at radius 1 is 1.33 bits per heavy atom. The number of benzene rings is 1. The van der Waals surface area contributed by atoms with Crippen molar-refractivity contribution in [2.75, 3.05) is 6.61 Å². The minimum Gasteiger partial charge on any atom is -0.393 e. The molecule has 0 spiro atoms. The van der Waals surface area contributed by atoms with Gasteiger partial charge in [0.2, 0.25) is 0 Å². The van der Waals surface area contributed by atoms with Crippen LogP contribution < -0.4 is 0 Å². The highest BCUT2D eigenvalue weighted by atomic mass is 16.5. The van der Waals surface area contributed by atoms with Crippen LogP contribution in [0.25, 0.3) is 0 Å². The van der Waals surface area contributed by atoms with E-state index in [0.29, 0.717) is 19.4 Å². The fourth-order valence-electron chi connectivity index (χ4n) is 1.74. The van der Waals surface area contributed by atoms with Crippen LogP contribution in [0.3, 0.4) is 0 Å². The van der Waals surface area contributed by atoms with Gasteiger partial charge < -0.3 is 14.6 Å². The Labute approximate surface area is 109 Å². The molecule has 100 valence electrons. The molecule has 0 unspecified atom stereocenters. The van der Waals surface area contributed by atoms with Gasteiger partial charge in [-0.15, -0.1) is 0 Å². The highest BCUT2D eigenvalue weighted by Gasteiger charge is 2.23. The highest BCUT2D eigenvalue weighted by Crippen LogP contribution is 2.20. The summed E-state index contributed by atoms with van der Waals surface area (Å²) in [6.45, 7) is 3.92. The van der Waals surface area contributed by atoms with E-state index in [1.54, 1.807) is 6.92 Å².